The summed E-state index contributed by atoms with van der Waals surface area (Å²) in [6.45, 7) is 3.48. The maximum Gasteiger partial charge on any atom is 0.228 e. The van der Waals surface area contributed by atoms with Crippen LogP contribution in [0.15, 0.2) is 30.3 Å². The molecular formula is C18H25ClN2O2. The number of benzene rings is 1. The van der Waals surface area contributed by atoms with Gasteiger partial charge in [-0.15, -0.1) is 11.6 Å². The molecule has 0 spiro atoms. The van der Waals surface area contributed by atoms with Gasteiger partial charge in [0.25, 0.3) is 0 Å². The first-order chi connectivity index (χ1) is 11.2. The molecule has 1 aromatic rings. The number of nitrogens with zero attached hydrogens (tertiary/aromatic N) is 1. The third-order valence-electron chi connectivity index (χ3n) is 4.94. The first-order valence-electron chi connectivity index (χ1n) is 8.48. The van der Waals surface area contributed by atoms with E-state index in [9.17, 15) is 4.79 Å². The highest BCUT2D eigenvalue weighted by molar-refractivity contribution is 6.18. The lowest BCUT2D eigenvalue weighted by Gasteiger charge is -2.49. The van der Waals surface area contributed by atoms with Crippen LogP contribution in [-0.2, 0) is 16.1 Å². The number of fused-ring (bicyclic) bond motifs is 1. The van der Waals surface area contributed by atoms with Crippen molar-refractivity contribution in [3.63, 3.8) is 0 Å². The van der Waals surface area contributed by atoms with E-state index in [1.807, 2.05) is 23.1 Å². The fraction of sp³-hybridized carbons (Fsp3) is 0.611. The van der Waals surface area contributed by atoms with Crippen LogP contribution in [0.4, 0.5) is 0 Å². The van der Waals surface area contributed by atoms with Gasteiger partial charge in [-0.1, -0.05) is 30.3 Å². The van der Waals surface area contributed by atoms with Gasteiger partial charge in [0.2, 0.25) is 5.91 Å². The van der Waals surface area contributed by atoms with E-state index in [2.05, 4.69) is 24.4 Å². The van der Waals surface area contributed by atoms with Crippen LogP contribution >= 0.6 is 11.6 Å². The Morgan fingerprint density at radius 1 is 1.35 bits per heavy atom. The van der Waals surface area contributed by atoms with E-state index in [1.54, 1.807) is 0 Å². The number of hydrogen-bond acceptors (Lipinski definition) is 3. The Morgan fingerprint density at radius 3 is 2.87 bits per heavy atom. The van der Waals surface area contributed by atoms with Crippen LogP contribution in [0.25, 0.3) is 0 Å². The minimum absolute atomic E-state index is 0.0125. The number of alkyl halides is 1. The van der Waals surface area contributed by atoms with Crippen LogP contribution in [0.2, 0.25) is 0 Å². The van der Waals surface area contributed by atoms with Crippen LogP contribution in [-0.4, -0.2) is 41.5 Å². The Bertz CT molecular complexity index is 525. The molecule has 4 nitrogen and oxygen atoms in total. The summed E-state index contributed by atoms with van der Waals surface area (Å²) in [6, 6.07) is 10.3. The van der Waals surface area contributed by atoms with Crippen molar-refractivity contribution >= 4 is 17.5 Å². The monoisotopic (exact) mass is 336 g/mol. The lowest BCUT2D eigenvalue weighted by molar-refractivity contribution is -0.157. The van der Waals surface area contributed by atoms with E-state index in [1.165, 1.54) is 5.56 Å². The molecule has 23 heavy (non-hydrogen) atoms. The summed E-state index contributed by atoms with van der Waals surface area (Å²) in [7, 11) is 0. The fourth-order valence-electron chi connectivity index (χ4n) is 3.66. The highest BCUT2D eigenvalue weighted by atomic mass is 35.5. The largest absolute Gasteiger partial charge is 0.370 e. The van der Waals surface area contributed by atoms with Crippen molar-refractivity contribution in [2.24, 2.45) is 5.92 Å². The molecule has 0 radical (unpaired) electrons. The van der Waals surface area contributed by atoms with E-state index in [-0.39, 0.29) is 30.1 Å². The molecule has 0 aromatic heterocycles. The van der Waals surface area contributed by atoms with E-state index in [0.29, 0.717) is 12.5 Å². The Labute approximate surface area is 143 Å². The predicted octanol–water partition coefficient (Wildman–Crippen LogP) is 2.76. The van der Waals surface area contributed by atoms with Gasteiger partial charge >= 0.3 is 0 Å². The van der Waals surface area contributed by atoms with Crippen LogP contribution in [0, 0.1) is 5.92 Å². The molecule has 2 heterocycles. The number of ether oxygens (including phenoxy) is 1. The molecular weight excluding hydrogens is 312 g/mol. The van der Waals surface area contributed by atoms with Gasteiger partial charge in [-0.05, 0) is 31.7 Å². The van der Waals surface area contributed by atoms with Crippen molar-refractivity contribution in [1.82, 2.24) is 10.2 Å². The van der Waals surface area contributed by atoms with Gasteiger partial charge in [-0.25, -0.2) is 0 Å². The molecule has 3 rings (SSSR count). The van der Waals surface area contributed by atoms with Gasteiger partial charge in [-0.3, -0.25) is 10.1 Å². The van der Waals surface area contributed by atoms with Gasteiger partial charge < -0.3 is 9.64 Å². The molecule has 1 aromatic carbocycles. The van der Waals surface area contributed by atoms with Crippen LogP contribution < -0.4 is 5.32 Å². The number of hydrogen-bond donors (Lipinski definition) is 1. The quantitative estimate of drug-likeness (QED) is 0.841. The molecule has 0 bridgehead atoms. The average molecular weight is 337 g/mol. The number of nitrogens with one attached hydrogen (secondary N) is 1. The zero-order valence-corrected chi connectivity index (χ0v) is 14.3. The summed E-state index contributed by atoms with van der Waals surface area (Å²) in [6.07, 6.45) is 2.74. The van der Waals surface area contributed by atoms with Crippen LogP contribution in [0.5, 0.6) is 0 Å². The van der Waals surface area contributed by atoms with Crippen LogP contribution in [0.1, 0.15) is 31.7 Å². The number of carbonyl (C=O) groups is 1. The maximum absolute atomic E-state index is 12.8. The van der Waals surface area contributed by atoms with Gasteiger partial charge in [-0.2, -0.15) is 0 Å². The molecule has 0 saturated carbocycles. The molecule has 2 fully saturated rings. The fourth-order valence-corrected chi connectivity index (χ4v) is 3.90. The highest BCUT2D eigenvalue weighted by Gasteiger charge is 2.44. The third-order valence-corrected chi connectivity index (χ3v) is 5.16. The standard InChI is InChI=1S/C18H25ClN2O2/c1-13-15(9-10-19)18(22)21-11-5-8-16(17(21)20-13)23-12-14-6-3-2-4-7-14/h2-4,6-7,13,15-17,20H,5,8-12H2,1H3. The molecule has 5 heteroatoms. The van der Waals surface area contributed by atoms with Crippen molar-refractivity contribution in [2.75, 3.05) is 12.4 Å². The second kappa shape index (κ2) is 7.65. The topological polar surface area (TPSA) is 41.6 Å². The lowest BCUT2D eigenvalue weighted by atomic mass is 9.89. The molecule has 126 valence electrons. The zero-order valence-electron chi connectivity index (χ0n) is 13.6. The van der Waals surface area contributed by atoms with E-state index in [4.69, 9.17) is 16.3 Å². The van der Waals surface area contributed by atoms with Crippen molar-refractivity contribution in [1.29, 1.82) is 0 Å². The summed E-state index contributed by atoms with van der Waals surface area (Å²) < 4.78 is 6.15. The zero-order chi connectivity index (χ0) is 16.2. The number of carbonyl (C=O) groups excluding carboxylic acids is 1. The Morgan fingerprint density at radius 2 is 2.13 bits per heavy atom. The summed E-state index contributed by atoms with van der Waals surface area (Å²) >= 11 is 5.86. The predicted molar refractivity (Wildman–Crippen MR) is 91.2 cm³/mol. The SMILES string of the molecule is CC1NC2C(OCc3ccccc3)CCCN2C(=O)C1CCCl. The summed E-state index contributed by atoms with van der Waals surface area (Å²) in [5, 5.41) is 3.59. The van der Waals surface area contributed by atoms with Gasteiger partial charge in [0, 0.05) is 18.5 Å². The normalized spacial score (nSPS) is 31.0. The van der Waals surface area contributed by atoms with E-state index < -0.39 is 0 Å². The summed E-state index contributed by atoms with van der Waals surface area (Å²) in [5.74, 6) is 0.737. The van der Waals surface area contributed by atoms with E-state index in [0.717, 1.165) is 25.8 Å². The van der Waals surface area contributed by atoms with E-state index >= 15 is 0 Å². The average Bonchev–Trinajstić information content (AvgIpc) is 2.58. The smallest absolute Gasteiger partial charge is 0.228 e. The first kappa shape index (κ1) is 16.7. The molecule has 4 atom stereocenters. The molecule has 2 aliphatic heterocycles. The second-order valence-corrected chi connectivity index (χ2v) is 6.87. The Hall–Kier alpha value is -1.10. The first-order valence-corrected chi connectivity index (χ1v) is 9.02. The third kappa shape index (κ3) is 3.70. The Kier molecular flexibility index (Phi) is 5.57. The molecule has 1 amide bonds. The van der Waals surface area contributed by atoms with Crippen molar-refractivity contribution < 1.29 is 9.53 Å². The number of amides is 1. The van der Waals surface area contributed by atoms with Gasteiger partial charge in [0.15, 0.2) is 0 Å². The number of rotatable bonds is 5. The van der Waals surface area contributed by atoms with Gasteiger partial charge in [0.05, 0.1) is 18.6 Å². The molecule has 0 aliphatic carbocycles. The Balaban J connectivity index is 1.66. The summed E-state index contributed by atoms with van der Waals surface area (Å²) in [4.78, 5) is 14.7. The van der Waals surface area contributed by atoms with Gasteiger partial charge in [0.1, 0.15) is 6.17 Å². The minimum atomic E-state index is -0.0170. The van der Waals surface area contributed by atoms with Crippen molar-refractivity contribution in [2.45, 2.75) is 51.1 Å². The molecule has 1 N–H and O–H groups in total. The highest BCUT2D eigenvalue weighted by Crippen LogP contribution is 2.29. The minimum Gasteiger partial charge on any atom is -0.370 e. The number of piperidine rings is 1. The molecule has 2 aliphatic rings. The second-order valence-electron chi connectivity index (χ2n) is 6.49. The summed E-state index contributed by atoms with van der Waals surface area (Å²) in [5.41, 5.74) is 1.17. The lowest BCUT2D eigenvalue weighted by Crippen LogP contribution is -2.68. The van der Waals surface area contributed by atoms with Crippen molar-refractivity contribution in [3.8, 4) is 0 Å². The maximum atomic E-state index is 12.8. The van der Waals surface area contributed by atoms with Crippen LogP contribution in [0.3, 0.4) is 0 Å². The van der Waals surface area contributed by atoms with Crippen molar-refractivity contribution in [3.05, 3.63) is 35.9 Å². The number of halogens is 1. The molecule has 4 unspecified atom stereocenters. The molecule has 2 saturated heterocycles.